The predicted molar refractivity (Wildman–Crippen MR) is 82.4 cm³/mol. The summed E-state index contributed by atoms with van der Waals surface area (Å²) in [5.74, 6) is 0.0381. The lowest BCUT2D eigenvalue weighted by molar-refractivity contribution is 0.0919. The summed E-state index contributed by atoms with van der Waals surface area (Å²) in [6.45, 7) is 5.08. The average Bonchev–Trinajstić information content (AvgIpc) is 2.36. The SMILES string of the molecule is Cc1cc(Br)cc(C(=O)NCC2(C)CCCCC2)c1. The van der Waals surface area contributed by atoms with Crippen LogP contribution in [0.4, 0.5) is 0 Å². The fourth-order valence-electron chi connectivity index (χ4n) is 2.85. The first-order valence-electron chi connectivity index (χ1n) is 7.04. The van der Waals surface area contributed by atoms with Gasteiger partial charge >= 0.3 is 0 Å². The van der Waals surface area contributed by atoms with E-state index in [9.17, 15) is 4.79 Å². The lowest BCUT2D eigenvalue weighted by Gasteiger charge is -2.33. The Morgan fingerprint density at radius 1 is 1.26 bits per heavy atom. The van der Waals surface area contributed by atoms with Gasteiger partial charge in [-0.25, -0.2) is 0 Å². The molecular weight excluding hydrogens is 302 g/mol. The Labute approximate surface area is 124 Å². The van der Waals surface area contributed by atoms with Crippen molar-refractivity contribution in [3.8, 4) is 0 Å². The van der Waals surface area contributed by atoms with E-state index in [-0.39, 0.29) is 11.3 Å². The van der Waals surface area contributed by atoms with Gasteiger partial charge in [0.2, 0.25) is 0 Å². The van der Waals surface area contributed by atoms with Crippen LogP contribution in [-0.2, 0) is 0 Å². The molecule has 2 rings (SSSR count). The van der Waals surface area contributed by atoms with E-state index in [4.69, 9.17) is 0 Å². The van der Waals surface area contributed by atoms with Crippen LogP contribution in [0.25, 0.3) is 0 Å². The van der Waals surface area contributed by atoms with Gasteiger partial charge in [0, 0.05) is 16.6 Å². The minimum absolute atomic E-state index is 0.0381. The van der Waals surface area contributed by atoms with Crippen molar-refractivity contribution in [3.05, 3.63) is 33.8 Å². The van der Waals surface area contributed by atoms with Gasteiger partial charge in [0.25, 0.3) is 5.91 Å². The van der Waals surface area contributed by atoms with Crippen molar-refractivity contribution in [3.63, 3.8) is 0 Å². The standard InChI is InChI=1S/C16H22BrNO/c1-12-8-13(10-14(17)9-12)15(19)18-11-16(2)6-4-3-5-7-16/h8-10H,3-7,11H2,1-2H3,(H,18,19). The first-order valence-corrected chi connectivity index (χ1v) is 7.83. The number of carbonyl (C=O) groups excluding carboxylic acids is 1. The first kappa shape index (κ1) is 14.6. The number of halogens is 1. The number of nitrogens with one attached hydrogen (secondary N) is 1. The van der Waals surface area contributed by atoms with E-state index in [0.717, 1.165) is 22.1 Å². The van der Waals surface area contributed by atoms with Gasteiger partial charge in [-0.2, -0.15) is 0 Å². The van der Waals surface area contributed by atoms with Crippen LogP contribution in [-0.4, -0.2) is 12.5 Å². The van der Waals surface area contributed by atoms with Crippen LogP contribution in [0.3, 0.4) is 0 Å². The van der Waals surface area contributed by atoms with E-state index >= 15 is 0 Å². The minimum Gasteiger partial charge on any atom is -0.351 e. The zero-order chi connectivity index (χ0) is 13.9. The highest BCUT2D eigenvalue weighted by Crippen LogP contribution is 2.34. The first-order chi connectivity index (χ1) is 8.98. The van der Waals surface area contributed by atoms with Crippen molar-refractivity contribution in [2.75, 3.05) is 6.54 Å². The quantitative estimate of drug-likeness (QED) is 0.874. The Morgan fingerprint density at radius 3 is 2.58 bits per heavy atom. The maximum absolute atomic E-state index is 12.2. The molecular formula is C16H22BrNO. The van der Waals surface area contributed by atoms with Crippen LogP contribution in [0, 0.1) is 12.3 Å². The number of benzene rings is 1. The molecule has 0 bridgehead atoms. The Balaban J connectivity index is 1.97. The highest BCUT2D eigenvalue weighted by Gasteiger charge is 2.27. The normalized spacial score (nSPS) is 18.1. The van der Waals surface area contributed by atoms with Crippen molar-refractivity contribution < 1.29 is 4.79 Å². The fraction of sp³-hybridized carbons (Fsp3) is 0.562. The van der Waals surface area contributed by atoms with Crippen LogP contribution in [0.5, 0.6) is 0 Å². The van der Waals surface area contributed by atoms with Gasteiger partial charge < -0.3 is 5.32 Å². The van der Waals surface area contributed by atoms with E-state index in [1.807, 2.05) is 25.1 Å². The summed E-state index contributed by atoms with van der Waals surface area (Å²) in [6, 6.07) is 5.83. The number of rotatable bonds is 3. The van der Waals surface area contributed by atoms with Gasteiger partial charge in [-0.3, -0.25) is 4.79 Å². The van der Waals surface area contributed by atoms with Crippen molar-refractivity contribution in [2.24, 2.45) is 5.41 Å². The molecule has 1 aromatic rings. The van der Waals surface area contributed by atoms with Crippen molar-refractivity contribution in [1.82, 2.24) is 5.32 Å². The number of carbonyl (C=O) groups is 1. The Kier molecular flexibility index (Phi) is 4.67. The molecule has 1 N–H and O–H groups in total. The number of aryl methyl sites for hydroxylation is 1. The maximum Gasteiger partial charge on any atom is 0.251 e. The van der Waals surface area contributed by atoms with Crippen molar-refractivity contribution in [2.45, 2.75) is 46.0 Å². The molecule has 104 valence electrons. The van der Waals surface area contributed by atoms with Gasteiger partial charge in [0.1, 0.15) is 0 Å². The molecule has 0 atom stereocenters. The van der Waals surface area contributed by atoms with Gasteiger partial charge in [-0.1, -0.05) is 42.1 Å². The van der Waals surface area contributed by atoms with Gasteiger partial charge in [0.05, 0.1) is 0 Å². The average molecular weight is 324 g/mol. The second-order valence-corrected chi connectivity index (χ2v) is 6.99. The molecule has 19 heavy (non-hydrogen) atoms. The van der Waals surface area contributed by atoms with E-state index < -0.39 is 0 Å². The minimum atomic E-state index is 0.0381. The molecule has 0 radical (unpaired) electrons. The molecule has 1 aliphatic rings. The van der Waals surface area contributed by atoms with E-state index in [1.165, 1.54) is 32.1 Å². The molecule has 1 aliphatic carbocycles. The molecule has 0 aromatic heterocycles. The summed E-state index contributed by atoms with van der Waals surface area (Å²) in [6.07, 6.45) is 6.38. The van der Waals surface area contributed by atoms with Crippen molar-refractivity contribution in [1.29, 1.82) is 0 Å². The lowest BCUT2D eigenvalue weighted by atomic mass is 9.76. The maximum atomic E-state index is 12.2. The second-order valence-electron chi connectivity index (χ2n) is 6.07. The number of hydrogen-bond acceptors (Lipinski definition) is 1. The lowest BCUT2D eigenvalue weighted by Crippen LogP contribution is -2.37. The van der Waals surface area contributed by atoms with Crippen LogP contribution in [0.2, 0.25) is 0 Å². The summed E-state index contributed by atoms with van der Waals surface area (Å²) in [4.78, 5) is 12.2. The van der Waals surface area contributed by atoms with Crippen LogP contribution >= 0.6 is 15.9 Å². The molecule has 1 amide bonds. The third-order valence-corrected chi connectivity index (χ3v) is 4.50. The molecule has 0 unspecified atom stereocenters. The summed E-state index contributed by atoms with van der Waals surface area (Å²) in [5, 5.41) is 3.10. The molecule has 1 saturated carbocycles. The molecule has 0 heterocycles. The monoisotopic (exact) mass is 323 g/mol. The Bertz CT molecular complexity index is 444. The molecule has 3 heteroatoms. The van der Waals surface area contributed by atoms with Gasteiger partial charge in [0.15, 0.2) is 0 Å². The molecule has 1 fully saturated rings. The largest absolute Gasteiger partial charge is 0.351 e. The van der Waals surface area contributed by atoms with E-state index in [2.05, 4.69) is 28.2 Å². The summed E-state index contributed by atoms with van der Waals surface area (Å²) >= 11 is 3.44. The fourth-order valence-corrected chi connectivity index (χ4v) is 3.45. The third-order valence-electron chi connectivity index (χ3n) is 4.04. The number of hydrogen-bond donors (Lipinski definition) is 1. The molecule has 0 spiro atoms. The van der Waals surface area contributed by atoms with Gasteiger partial charge in [-0.15, -0.1) is 0 Å². The molecule has 0 saturated heterocycles. The highest BCUT2D eigenvalue weighted by atomic mass is 79.9. The summed E-state index contributed by atoms with van der Waals surface area (Å²) in [7, 11) is 0. The highest BCUT2D eigenvalue weighted by molar-refractivity contribution is 9.10. The van der Waals surface area contributed by atoms with Crippen molar-refractivity contribution >= 4 is 21.8 Å². The Morgan fingerprint density at radius 2 is 1.95 bits per heavy atom. The van der Waals surface area contributed by atoms with Crippen LogP contribution in [0.1, 0.15) is 54.9 Å². The smallest absolute Gasteiger partial charge is 0.251 e. The van der Waals surface area contributed by atoms with E-state index in [0.29, 0.717) is 0 Å². The van der Waals surface area contributed by atoms with Crippen LogP contribution in [0.15, 0.2) is 22.7 Å². The van der Waals surface area contributed by atoms with Crippen LogP contribution < -0.4 is 5.32 Å². The molecule has 2 nitrogen and oxygen atoms in total. The second kappa shape index (κ2) is 6.08. The van der Waals surface area contributed by atoms with Gasteiger partial charge in [-0.05, 0) is 48.9 Å². The molecule has 0 aliphatic heterocycles. The summed E-state index contributed by atoms with van der Waals surface area (Å²) < 4.78 is 0.960. The Hall–Kier alpha value is -0.830. The zero-order valence-electron chi connectivity index (χ0n) is 11.8. The topological polar surface area (TPSA) is 29.1 Å². The molecule has 1 aromatic carbocycles. The predicted octanol–water partition coefficient (Wildman–Crippen LogP) is 4.46. The number of amides is 1. The van der Waals surface area contributed by atoms with E-state index in [1.54, 1.807) is 0 Å². The summed E-state index contributed by atoms with van der Waals surface area (Å²) in [5.41, 5.74) is 2.13. The zero-order valence-corrected chi connectivity index (χ0v) is 13.3. The third kappa shape index (κ3) is 4.07.